The molecule has 0 bridgehead atoms. The molecule has 1 aromatic heterocycles. The molecule has 0 aromatic carbocycles. The fourth-order valence-electron chi connectivity index (χ4n) is 3.73. The Hall–Kier alpha value is -1.49. The zero-order valence-electron chi connectivity index (χ0n) is 13.1. The van der Waals surface area contributed by atoms with Crippen molar-refractivity contribution >= 4 is 12.0 Å². The first kappa shape index (κ1) is 14.4. The van der Waals surface area contributed by atoms with Crippen LogP contribution in [0.5, 0.6) is 0 Å². The van der Waals surface area contributed by atoms with Crippen LogP contribution in [-0.2, 0) is 6.42 Å². The van der Waals surface area contributed by atoms with Gasteiger partial charge in [0.15, 0.2) is 5.78 Å². The molecule has 21 heavy (non-hydrogen) atoms. The highest BCUT2D eigenvalue weighted by atomic mass is 16.1. The SMILES string of the molecule is CN=Cc1nn(C(C)C)c2c1CC1(CCNCC1)CC2=O. The Morgan fingerprint density at radius 3 is 2.67 bits per heavy atom. The molecule has 2 heterocycles. The number of carbonyl (C=O) groups is 1. The lowest BCUT2D eigenvalue weighted by molar-refractivity contribution is 0.0822. The lowest BCUT2D eigenvalue weighted by Gasteiger charge is -2.40. The Morgan fingerprint density at radius 2 is 2.05 bits per heavy atom. The van der Waals surface area contributed by atoms with Crippen LogP contribution in [-0.4, -0.2) is 41.9 Å². The van der Waals surface area contributed by atoms with Crippen molar-refractivity contribution in [3.8, 4) is 0 Å². The molecule has 0 unspecified atom stereocenters. The van der Waals surface area contributed by atoms with E-state index < -0.39 is 0 Å². The summed E-state index contributed by atoms with van der Waals surface area (Å²) in [6, 6.07) is 0.198. The molecule has 5 nitrogen and oxygen atoms in total. The Morgan fingerprint density at radius 1 is 1.33 bits per heavy atom. The van der Waals surface area contributed by atoms with E-state index in [1.807, 2.05) is 4.68 Å². The normalized spacial score (nSPS) is 21.4. The molecule has 1 saturated heterocycles. The summed E-state index contributed by atoms with van der Waals surface area (Å²) < 4.78 is 1.89. The summed E-state index contributed by atoms with van der Waals surface area (Å²) >= 11 is 0. The summed E-state index contributed by atoms with van der Waals surface area (Å²) in [7, 11) is 1.76. The first-order chi connectivity index (χ1) is 10.1. The number of aromatic nitrogens is 2. The van der Waals surface area contributed by atoms with E-state index in [-0.39, 0.29) is 17.2 Å². The Labute approximate surface area is 125 Å². The van der Waals surface area contributed by atoms with Crippen molar-refractivity contribution in [1.82, 2.24) is 15.1 Å². The van der Waals surface area contributed by atoms with Crippen molar-refractivity contribution in [2.24, 2.45) is 10.4 Å². The molecular weight excluding hydrogens is 264 g/mol. The smallest absolute Gasteiger partial charge is 0.181 e. The van der Waals surface area contributed by atoms with Gasteiger partial charge in [0.1, 0.15) is 11.4 Å². The molecule has 1 N–H and O–H groups in total. The van der Waals surface area contributed by atoms with Gasteiger partial charge in [-0.15, -0.1) is 0 Å². The van der Waals surface area contributed by atoms with Crippen LogP contribution in [0.2, 0.25) is 0 Å². The lowest BCUT2D eigenvalue weighted by Crippen LogP contribution is -2.42. The van der Waals surface area contributed by atoms with E-state index in [2.05, 4.69) is 29.3 Å². The predicted molar refractivity (Wildman–Crippen MR) is 83.3 cm³/mol. The van der Waals surface area contributed by atoms with Gasteiger partial charge in [-0.05, 0) is 51.6 Å². The van der Waals surface area contributed by atoms with Gasteiger partial charge >= 0.3 is 0 Å². The maximum absolute atomic E-state index is 12.8. The zero-order chi connectivity index (χ0) is 15.0. The van der Waals surface area contributed by atoms with Gasteiger partial charge in [0, 0.05) is 31.3 Å². The number of Topliss-reactive ketones (excluding diaryl/α,β-unsaturated/α-hetero) is 1. The monoisotopic (exact) mass is 288 g/mol. The molecule has 2 aliphatic rings. The Balaban J connectivity index is 2.08. The van der Waals surface area contributed by atoms with Crippen LogP contribution in [0.4, 0.5) is 0 Å². The van der Waals surface area contributed by atoms with E-state index >= 15 is 0 Å². The standard InChI is InChI=1S/C16H24N4O/c1-11(2)20-15-12(13(19-20)10-17-3)8-16(9-14(15)21)4-6-18-7-5-16/h10-11,18H,4-9H2,1-3H3. The maximum atomic E-state index is 12.8. The van der Waals surface area contributed by atoms with E-state index in [1.165, 1.54) is 0 Å². The average molecular weight is 288 g/mol. The fraction of sp³-hybridized carbons (Fsp3) is 0.688. The molecule has 1 aliphatic heterocycles. The molecule has 1 fully saturated rings. The first-order valence-electron chi connectivity index (χ1n) is 7.84. The highest BCUT2D eigenvalue weighted by Crippen LogP contribution is 2.43. The van der Waals surface area contributed by atoms with Crippen molar-refractivity contribution in [2.75, 3.05) is 20.1 Å². The topological polar surface area (TPSA) is 59.3 Å². The van der Waals surface area contributed by atoms with E-state index in [9.17, 15) is 4.79 Å². The van der Waals surface area contributed by atoms with E-state index in [4.69, 9.17) is 0 Å². The molecule has 0 amide bonds. The van der Waals surface area contributed by atoms with Crippen LogP contribution in [0.15, 0.2) is 4.99 Å². The summed E-state index contributed by atoms with van der Waals surface area (Å²) in [4.78, 5) is 16.9. The summed E-state index contributed by atoms with van der Waals surface area (Å²) in [5.74, 6) is 0.259. The van der Waals surface area contributed by atoms with E-state index in [1.54, 1.807) is 13.3 Å². The number of aliphatic imine (C=N–C) groups is 1. The molecular formula is C16H24N4O. The van der Waals surface area contributed by atoms with Gasteiger partial charge in [-0.3, -0.25) is 14.5 Å². The highest BCUT2D eigenvalue weighted by molar-refractivity contribution is 6.00. The van der Waals surface area contributed by atoms with Gasteiger partial charge in [0.05, 0.1) is 0 Å². The van der Waals surface area contributed by atoms with Crippen LogP contribution < -0.4 is 5.32 Å². The number of hydrogen-bond donors (Lipinski definition) is 1. The van der Waals surface area contributed by atoms with Crippen molar-refractivity contribution in [3.63, 3.8) is 0 Å². The molecule has 5 heteroatoms. The van der Waals surface area contributed by atoms with Gasteiger partial charge in [-0.25, -0.2) is 0 Å². The van der Waals surface area contributed by atoms with E-state index in [0.29, 0.717) is 6.42 Å². The van der Waals surface area contributed by atoms with Gasteiger partial charge in [0.25, 0.3) is 0 Å². The second-order valence-electron chi connectivity index (χ2n) is 6.66. The summed E-state index contributed by atoms with van der Waals surface area (Å²) in [5, 5.41) is 8.04. The van der Waals surface area contributed by atoms with Gasteiger partial charge in [-0.2, -0.15) is 5.10 Å². The molecule has 0 atom stereocenters. The van der Waals surface area contributed by atoms with Crippen LogP contribution in [0.1, 0.15) is 60.9 Å². The molecule has 0 radical (unpaired) electrons. The van der Waals surface area contributed by atoms with Crippen molar-refractivity contribution in [1.29, 1.82) is 0 Å². The lowest BCUT2D eigenvalue weighted by atomic mass is 9.67. The third kappa shape index (κ3) is 2.44. The third-order valence-corrected chi connectivity index (χ3v) is 4.80. The van der Waals surface area contributed by atoms with Gasteiger partial charge in [0.2, 0.25) is 0 Å². The Kier molecular flexibility index (Phi) is 3.69. The zero-order valence-corrected chi connectivity index (χ0v) is 13.1. The number of nitrogens with one attached hydrogen (secondary N) is 1. The highest BCUT2D eigenvalue weighted by Gasteiger charge is 2.42. The minimum atomic E-state index is 0.135. The van der Waals surface area contributed by atoms with Crippen LogP contribution >= 0.6 is 0 Å². The summed E-state index contributed by atoms with van der Waals surface area (Å²) in [5.41, 5.74) is 2.96. The van der Waals surface area contributed by atoms with Crippen molar-refractivity contribution in [3.05, 3.63) is 17.0 Å². The number of piperidine rings is 1. The number of nitrogens with zero attached hydrogens (tertiary/aromatic N) is 3. The summed E-state index contributed by atoms with van der Waals surface area (Å²) in [6.07, 6.45) is 5.58. The second kappa shape index (κ2) is 5.37. The molecule has 3 rings (SSSR count). The summed E-state index contributed by atoms with van der Waals surface area (Å²) in [6.45, 7) is 6.17. The van der Waals surface area contributed by atoms with Crippen molar-refractivity contribution in [2.45, 2.75) is 45.6 Å². The van der Waals surface area contributed by atoms with Gasteiger partial charge < -0.3 is 5.32 Å². The fourth-order valence-corrected chi connectivity index (χ4v) is 3.73. The molecule has 1 aliphatic carbocycles. The largest absolute Gasteiger partial charge is 0.317 e. The van der Waals surface area contributed by atoms with Crippen LogP contribution in [0.3, 0.4) is 0 Å². The molecule has 1 spiro atoms. The predicted octanol–water partition coefficient (Wildman–Crippen LogP) is 2.01. The second-order valence-corrected chi connectivity index (χ2v) is 6.66. The minimum absolute atomic E-state index is 0.135. The quantitative estimate of drug-likeness (QED) is 0.847. The average Bonchev–Trinajstić information content (AvgIpc) is 2.79. The number of hydrogen-bond acceptors (Lipinski definition) is 4. The Bertz CT molecular complexity index is 579. The van der Waals surface area contributed by atoms with Crippen LogP contribution in [0.25, 0.3) is 0 Å². The number of carbonyl (C=O) groups excluding carboxylic acids is 1. The first-order valence-corrected chi connectivity index (χ1v) is 7.84. The molecule has 0 saturated carbocycles. The minimum Gasteiger partial charge on any atom is -0.317 e. The van der Waals surface area contributed by atoms with Crippen molar-refractivity contribution < 1.29 is 4.79 Å². The maximum Gasteiger partial charge on any atom is 0.181 e. The number of fused-ring (bicyclic) bond motifs is 1. The number of ketones is 1. The third-order valence-electron chi connectivity index (χ3n) is 4.80. The number of rotatable bonds is 2. The van der Waals surface area contributed by atoms with Gasteiger partial charge in [-0.1, -0.05) is 0 Å². The van der Waals surface area contributed by atoms with Crippen LogP contribution in [0, 0.1) is 5.41 Å². The molecule has 1 aromatic rings. The molecule has 114 valence electrons. The van der Waals surface area contributed by atoms with E-state index in [0.717, 1.165) is 49.3 Å².